The average molecular weight is 332 g/mol. The van der Waals surface area contributed by atoms with Crippen molar-refractivity contribution in [1.29, 1.82) is 0 Å². The maximum atomic E-state index is 12.4. The third-order valence-electron chi connectivity index (χ3n) is 1.53. The maximum Gasteiger partial charge on any atom is 0.310 e. The number of alkyl halides is 1. The van der Waals surface area contributed by atoms with Gasteiger partial charge in [-0.15, -0.1) is 0 Å². The largest absolute Gasteiger partial charge is 0.310 e. The third kappa shape index (κ3) is 3.49. The Balaban J connectivity index is 3.47. The lowest BCUT2D eigenvalue weighted by Crippen LogP contribution is -2.06. The van der Waals surface area contributed by atoms with Crippen LogP contribution in [0.4, 0.5) is 19.4 Å². The van der Waals surface area contributed by atoms with Crippen LogP contribution in [0.25, 0.3) is 0 Å². The number of hydrogen-bond acceptors (Lipinski definition) is 0. The molecule has 0 aliphatic carbocycles. The minimum Gasteiger partial charge on any atom is -0.0936 e. The molecule has 0 fully saturated rings. The highest BCUT2D eigenvalue weighted by Crippen LogP contribution is 3.02. The molecule has 0 spiro atoms. The Morgan fingerprint density at radius 1 is 1.07 bits per heavy atom. The highest BCUT2D eigenvalue weighted by atomic mass is 79.9. The molecule has 0 saturated heterocycles. The first-order valence-electron chi connectivity index (χ1n) is 3.52. The van der Waals surface area contributed by atoms with Gasteiger partial charge in [-0.1, -0.05) is 47.0 Å². The summed E-state index contributed by atoms with van der Waals surface area (Å²) in [5.41, 5.74) is 0.0470. The summed E-state index contributed by atoms with van der Waals surface area (Å²) in [7, 11) is -9.62. The summed E-state index contributed by atoms with van der Waals surface area (Å²) in [4.78, 5) is -1.96. The summed E-state index contributed by atoms with van der Waals surface area (Å²) in [6.45, 7) is 0. The number of hydrogen-bond donors (Lipinski definition) is 0. The predicted octanol–water partition coefficient (Wildman–Crippen LogP) is 5.89. The summed E-state index contributed by atoms with van der Waals surface area (Å²) < 4.78 is 61.8. The lowest BCUT2D eigenvalue weighted by molar-refractivity contribution is 0.364. The topological polar surface area (TPSA) is 0 Å². The van der Waals surface area contributed by atoms with Crippen LogP contribution < -0.4 is 0 Å². The van der Waals surface area contributed by atoms with E-state index in [0.29, 0.717) is 6.07 Å². The third-order valence-corrected chi connectivity index (χ3v) is 3.52. The molecule has 0 heterocycles. The summed E-state index contributed by atoms with van der Waals surface area (Å²) in [5, 5.41) is -0.343. The first-order valence-corrected chi connectivity index (χ1v) is 6.97. The predicted molar refractivity (Wildman–Crippen MR) is 55.5 cm³/mol. The van der Waals surface area contributed by atoms with E-state index < -0.39 is 15.1 Å². The van der Waals surface area contributed by atoms with Crippen molar-refractivity contribution in [2.75, 3.05) is 0 Å². The van der Waals surface area contributed by atoms with Crippen molar-refractivity contribution in [3.8, 4) is 0 Å². The van der Waals surface area contributed by atoms with Crippen LogP contribution in [0.2, 0.25) is 5.02 Å². The Kier molecular flexibility index (Phi) is 2.62. The van der Waals surface area contributed by atoms with Crippen molar-refractivity contribution in [3.63, 3.8) is 0 Å². The molecule has 8 heteroatoms. The SMILES string of the molecule is FS(F)(F)(F)(F)c1cc(Cl)cc(CBr)c1. The zero-order valence-electron chi connectivity index (χ0n) is 6.99. The van der Waals surface area contributed by atoms with Gasteiger partial charge in [-0.05, 0) is 23.8 Å². The zero-order valence-corrected chi connectivity index (χ0v) is 10.2. The average Bonchev–Trinajstić information content (AvgIpc) is 1.99. The normalized spacial score (nSPS) is 17.0. The number of benzene rings is 1. The molecular weight excluding hydrogens is 326 g/mol. The minimum absolute atomic E-state index is 0.0222. The minimum atomic E-state index is -9.62. The molecule has 0 radical (unpaired) electrons. The lowest BCUT2D eigenvalue weighted by Gasteiger charge is -2.40. The second-order valence-corrected chi connectivity index (χ2v) is 6.30. The van der Waals surface area contributed by atoms with Gasteiger partial charge in [0.1, 0.15) is 4.90 Å². The van der Waals surface area contributed by atoms with Gasteiger partial charge < -0.3 is 0 Å². The summed E-state index contributed by atoms with van der Waals surface area (Å²) in [6.07, 6.45) is 0. The Hall–Kier alpha value is -0.0100. The molecule has 0 bridgehead atoms. The first kappa shape index (κ1) is 13.1. The van der Waals surface area contributed by atoms with E-state index in [9.17, 15) is 19.4 Å². The Bertz CT molecular complexity index is 401. The first-order chi connectivity index (χ1) is 6.42. The molecule has 0 nitrogen and oxygen atoms in total. The van der Waals surface area contributed by atoms with Gasteiger partial charge in [0, 0.05) is 10.4 Å². The molecule has 0 N–H and O–H groups in total. The van der Waals surface area contributed by atoms with E-state index in [0.717, 1.165) is 0 Å². The van der Waals surface area contributed by atoms with Crippen molar-refractivity contribution in [2.45, 2.75) is 10.2 Å². The number of halogens is 7. The van der Waals surface area contributed by atoms with E-state index >= 15 is 0 Å². The van der Waals surface area contributed by atoms with Crippen LogP contribution in [0.1, 0.15) is 5.56 Å². The zero-order chi connectivity index (χ0) is 12.0. The van der Waals surface area contributed by atoms with Crippen molar-refractivity contribution < 1.29 is 19.4 Å². The fraction of sp³-hybridized carbons (Fsp3) is 0.143. The fourth-order valence-corrected chi connectivity index (χ4v) is 2.29. The molecule has 1 aromatic carbocycles. The highest BCUT2D eigenvalue weighted by molar-refractivity contribution is 9.08. The fourth-order valence-electron chi connectivity index (χ4n) is 0.921. The van der Waals surface area contributed by atoms with E-state index in [1.165, 1.54) is 6.07 Å². The number of rotatable bonds is 2. The molecule has 0 atom stereocenters. The Labute approximate surface area is 96.3 Å². The van der Waals surface area contributed by atoms with Crippen molar-refractivity contribution >= 4 is 37.8 Å². The molecule has 0 aromatic heterocycles. The van der Waals surface area contributed by atoms with Crippen LogP contribution in [0.15, 0.2) is 23.1 Å². The van der Waals surface area contributed by atoms with Crippen LogP contribution >= 0.6 is 37.8 Å². The van der Waals surface area contributed by atoms with E-state index in [-0.39, 0.29) is 22.0 Å². The standard InChI is InChI=1S/C7H5BrClF5S/c8-4-5-1-6(9)3-7(2-5)15(10,11,12,13)14/h1-3H,4H2. The summed E-state index contributed by atoms with van der Waals surface area (Å²) in [5.74, 6) is 0. The molecule has 0 unspecified atom stereocenters. The van der Waals surface area contributed by atoms with Gasteiger partial charge in [-0.2, -0.15) is 0 Å². The second-order valence-electron chi connectivity index (χ2n) is 2.90. The van der Waals surface area contributed by atoms with Gasteiger partial charge in [0.2, 0.25) is 0 Å². The van der Waals surface area contributed by atoms with Crippen molar-refractivity contribution in [2.24, 2.45) is 0 Å². The maximum absolute atomic E-state index is 12.4. The molecule has 1 rings (SSSR count). The molecule has 0 aliphatic heterocycles. The second kappa shape index (κ2) is 3.01. The Morgan fingerprint density at radius 2 is 1.60 bits per heavy atom. The summed E-state index contributed by atoms with van der Waals surface area (Å²) >= 11 is 8.19. The molecule has 1 aromatic rings. The van der Waals surface area contributed by atoms with Gasteiger partial charge in [0.15, 0.2) is 0 Å². The summed E-state index contributed by atoms with van der Waals surface area (Å²) in [6, 6.07) is 1.81. The molecule has 88 valence electrons. The molecule has 0 saturated carbocycles. The van der Waals surface area contributed by atoms with Crippen molar-refractivity contribution in [1.82, 2.24) is 0 Å². The lowest BCUT2D eigenvalue weighted by atomic mass is 10.2. The molecule has 0 amide bonds. The van der Waals surface area contributed by atoms with Gasteiger partial charge in [-0.3, -0.25) is 0 Å². The van der Waals surface area contributed by atoms with E-state index in [1.807, 2.05) is 0 Å². The van der Waals surface area contributed by atoms with Gasteiger partial charge in [0.25, 0.3) is 0 Å². The van der Waals surface area contributed by atoms with E-state index in [2.05, 4.69) is 15.9 Å². The quantitative estimate of drug-likeness (QED) is 0.468. The van der Waals surface area contributed by atoms with Crippen LogP contribution in [-0.4, -0.2) is 0 Å². The monoisotopic (exact) mass is 330 g/mol. The van der Waals surface area contributed by atoms with Gasteiger partial charge in [0.05, 0.1) is 0 Å². The van der Waals surface area contributed by atoms with Gasteiger partial charge in [-0.25, -0.2) is 0 Å². The molecule has 0 aliphatic rings. The van der Waals surface area contributed by atoms with E-state index in [1.54, 1.807) is 0 Å². The highest BCUT2D eigenvalue weighted by Gasteiger charge is 2.65. The van der Waals surface area contributed by atoms with E-state index in [4.69, 9.17) is 11.6 Å². The van der Waals surface area contributed by atoms with Crippen LogP contribution in [-0.2, 0) is 5.33 Å². The van der Waals surface area contributed by atoms with Crippen LogP contribution in [0.5, 0.6) is 0 Å². The molecular formula is C7H5BrClF5S. The smallest absolute Gasteiger partial charge is 0.0936 e. The van der Waals surface area contributed by atoms with Crippen LogP contribution in [0, 0.1) is 0 Å². The Morgan fingerprint density at radius 3 is 2.00 bits per heavy atom. The van der Waals surface area contributed by atoms with Crippen LogP contribution in [0.3, 0.4) is 0 Å². The van der Waals surface area contributed by atoms with Crippen molar-refractivity contribution in [3.05, 3.63) is 28.8 Å². The van der Waals surface area contributed by atoms with Gasteiger partial charge >= 0.3 is 10.2 Å². The molecule has 15 heavy (non-hydrogen) atoms.